The van der Waals surface area contributed by atoms with Crippen molar-refractivity contribution in [2.24, 2.45) is 0 Å². The first-order chi connectivity index (χ1) is 11.8. The number of nitrogens with zero attached hydrogens (tertiary/aromatic N) is 2. The van der Waals surface area contributed by atoms with Gasteiger partial charge in [-0.25, -0.2) is 4.98 Å². The van der Waals surface area contributed by atoms with Gasteiger partial charge in [-0.2, -0.15) is 0 Å². The lowest BCUT2D eigenvalue weighted by molar-refractivity contribution is -0.118. The molecule has 0 saturated carbocycles. The first kappa shape index (κ1) is 17.4. The smallest absolute Gasteiger partial charge is 0.263 e. The Morgan fingerprint density at radius 2 is 1.92 bits per heavy atom. The number of anilines is 1. The fourth-order valence-corrected chi connectivity index (χ4v) is 3.76. The van der Waals surface area contributed by atoms with Crippen LogP contribution in [0.25, 0.3) is 10.2 Å². The number of aromatic nitrogens is 2. The molecule has 0 aliphatic carbocycles. The van der Waals surface area contributed by atoms with E-state index in [-0.39, 0.29) is 11.5 Å². The number of nitrogens with one attached hydrogen (secondary N) is 1. The van der Waals surface area contributed by atoms with Gasteiger partial charge in [-0.1, -0.05) is 12.1 Å². The van der Waals surface area contributed by atoms with E-state index in [1.54, 1.807) is 6.92 Å². The zero-order chi connectivity index (χ0) is 18.3. The third-order valence-electron chi connectivity index (χ3n) is 4.77. The minimum Gasteiger partial charge on any atom is -0.324 e. The molecule has 2 aromatic heterocycles. The van der Waals surface area contributed by atoms with E-state index >= 15 is 0 Å². The lowest BCUT2D eigenvalue weighted by Gasteiger charge is -2.16. The van der Waals surface area contributed by atoms with Crippen LogP contribution < -0.4 is 10.9 Å². The Hall–Kier alpha value is -2.47. The predicted octanol–water partition coefficient (Wildman–Crippen LogP) is 3.89. The summed E-state index contributed by atoms with van der Waals surface area (Å²) in [6.45, 7) is 9.57. The highest BCUT2D eigenvalue weighted by atomic mass is 32.1. The third-order valence-corrected chi connectivity index (χ3v) is 5.89. The van der Waals surface area contributed by atoms with Gasteiger partial charge in [0.2, 0.25) is 5.91 Å². The maximum absolute atomic E-state index is 12.8. The molecule has 0 spiro atoms. The fraction of sp³-hybridized carbons (Fsp3) is 0.316. The first-order valence-corrected chi connectivity index (χ1v) is 8.96. The maximum Gasteiger partial charge on any atom is 0.263 e. The van der Waals surface area contributed by atoms with Crippen molar-refractivity contribution in [3.8, 4) is 0 Å². The number of rotatable bonds is 3. The second-order valence-electron chi connectivity index (χ2n) is 6.33. The molecule has 1 unspecified atom stereocenters. The van der Waals surface area contributed by atoms with Gasteiger partial charge < -0.3 is 5.32 Å². The molecule has 3 rings (SSSR count). The van der Waals surface area contributed by atoms with Crippen LogP contribution in [0.3, 0.4) is 0 Å². The Morgan fingerprint density at radius 1 is 1.20 bits per heavy atom. The Labute approximate surface area is 150 Å². The molecule has 6 heteroatoms. The quantitative estimate of drug-likeness (QED) is 0.775. The summed E-state index contributed by atoms with van der Waals surface area (Å²) in [4.78, 5) is 31.7. The minimum atomic E-state index is -0.649. The first-order valence-electron chi connectivity index (χ1n) is 8.15. The molecule has 3 aromatic rings. The summed E-state index contributed by atoms with van der Waals surface area (Å²) in [5.41, 5.74) is 3.66. The number of benzene rings is 1. The zero-order valence-electron chi connectivity index (χ0n) is 15.0. The third kappa shape index (κ3) is 2.98. The van der Waals surface area contributed by atoms with Crippen molar-refractivity contribution in [1.29, 1.82) is 0 Å². The molecule has 0 fully saturated rings. The van der Waals surface area contributed by atoms with Gasteiger partial charge in [-0.05, 0) is 57.4 Å². The van der Waals surface area contributed by atoms with Gasteiger partial charge in [-0.3, -0.25) is 14.2 Å². The molecule has 25 heavy (non-hydrogen) atoms. The standard InChI is InChI=1S/C19H21N3O2S/c1-10-7-6-8-15(11(10)2)21-17(23)13(4)22-9-20-18-16(19(22)24)12(3)14(5)25-18/h6-9,13H,1-5H3,(H,21,23). The summed E-state index contributed by atoms with van der Waals surface area (Å²) in [7, 11) is 0. The molecular formula is C19H21N3O2S. The van der Waals surface area contributed by atoms with Gasteiger partial charge in [0.1, 0.15) is 10.9 Å². The number of carbonyl (C=O) groups excluding carboxylic acids is 1. The normalized spacial score (nSPS) is 12.4. The number of hydrogen-bond acceptors (Lipinski definition) is 4. The van der Waals surface area contributed by atoms with Crippen molar-refractivity contribution in [1.82, 2.24) is 9.55 Å². The second kappa shape index (κ2) is 6.44. The van der Waals surface area contributed by atoms with Crippen LogP contribution in [0.2, 0.25) is 0 Å². The van der Waals surface area contributed by atoms with Gasteiger partial charge in [0, 0.05) is 10.6 Å². The van der Waals surface area contributed by atoms with Crippen molar-refractivity contribution in [2.45, 2.75) is 40.7 Å². The lowest BCUT2D eigenvalue weighted by atomic mass is 10.1. The molecule has 1 atom stereocenters. The Bertz CT molecular complexity index is 1030. The van der Waals surface area contributed by atoms with E-state index in [0.717, 1.165) is 32.1 Å². The minimum absolute atomic E-state index is 0.171. The molecule has 1 amide bonds. The predicted molar refractivity (Wildman–Crippen MR) is 103 cm³/mol. The molecule has 1 aromatic carbocycles. The van der Waals surface area contributed by atoms with Crippen molar-refractivity contribution in [3.05, 3.63) is 56.4 Å². The fourth-order valence-electron chi connectivity index (χ4n) is 2.77. The largest absolute Gasteiger partial charge is 0.324 e. The van der Waals surface area contributed by atoms with Gasteiger partial charge in [0.25, 0.3) is 5.56 Å². The lowest BCUT2D eigenvalue weighted by Crippen LogP contribution is -2.32. The van der Waals surface area contributed by atoms with Gasteiger partial charge in [-0.15, -0.1) is 11.3 Å². The summed E-state index contributed by atoms with van der Waals surface area (Å²) >= 11 is 1.50. The van der Waals surface area contributed by atoms with E-state index in [1.807, 2.05) is 45.9 Å². The van der Waals surface area contributed by atoms with Gasteiger partial charge >= 0.3 is 0 Å². The van der Waals surface area contributed by atoms with E-state index in [2.05, 4.69) is 10.3 Å². The van der Waals surface area contributed by atoms with Crippen LogP contribution in [-0.2, 0) is 4.79 Å². The van der Waals surface area contributed by atoms with Crippen LogP contribution >= 0.6 is 11.3 Å². The maximum atomic E-state index is 12.8. The van der Waals surface area contributed by atoms with E-state index in [4.69, 9.17) is 0 Å². The SMILES string of the molecule is Cc1cccc(NC(=O)C(C)n2cnc3sc(C)c(C)c3c2=O)c1C. The average molecular weight is 355 g/mol. The number of fused-ring (bicyclic) bond motifs is 1. The van der Waals surface area contributed by atoms with Crippen LogP contribution in [0.15, 0.2) is 29.3 Å². The van der Waals surface area contributed by atoms with Gasteiger partial charge in [0.15, 0.2) is 0 Å². The average Bonchev–Trinajstić information content (AvgIpc) is 2.87. The summed E-state index contributed by atoms with van der Waals surface area (Å²) in [5.74, 6) is -0.235. The highest BCUT2D eigenvalue weighted by Crippen LogP contribution is 2.26. The summed E-state index contributed by atoms with van der Waals surface area (Å²) in [5, 5.41) is 3.53. The van der Waals surface area contributed by atoms with Crippen molar-refractivity contribution < 1.29 is 4.79 Å². The summed E-state index contributed by atoms with van der Waals surface area (Å²) in [6, 6.07) is 5.12. The molecule has 2 heterocycles. The van der Waals surface area contributed by atoms with E-state index < -0.39 is 6.04 Å². The Morgan fingerprint density at radius 3 is 2.64 bits per heavy atom. The molecule has 5 nitrogen and oxygen atoms in total. The molecule has 1 N–H and O–H groups in total. The van der Waals surface area contributed by atoms with Crippen LogP contribution in [-0.4, -0.2) is 15.5 Å². The number of amides is 1. The highest BCUT2D eigenvalue weighted by molar-refractivity contribution is 7.18. The number of carbonyl (C=O) groups is 1. The number of thiophene rings is 1. The summed E-state index contributed by atoms with van der Waals surface area (Å²) in [6.07, 6.45) is 1.47. The van der Waals surface area contributed by atoms with E-state index in [0.29, 0.717) is 5.39 Å². The van der Waals surface area contributed by atoms with Crippen molar-refractivity contribution >= 4 is 33.1 Å². The second-order valence-corrected chi connectivity index (χ2v) is 7.54. The van der Waals surface area contributed by atoms with Crippen LogP contribution in [0.1, 0.15) is 34.5 Å². The number of aryl methyl sites for hydroxylation is 3. The molecule has 0 radical (unpaired) electrons. The van der Waals surface area contributed by atoms with Crippen LogP contribution in [0.5, 0.6) is 0 Å². The van der Waals surface area contributed by atoms with Crippen molar-refractivity contribution in [2.75, 3.05) is 5.32 Å². The Kier molecular flexibility index (Phi) is 4.47. The molecular weight excluding hydrogens is 334 g/mol. The van der Waals surface area contributed by atoms with Crippen LogP contribution in [0, 0.1) is 27.7 Å². The number of hydrogen-bond donors (Lipinski definition) is 1. The summed E-state index contributed by atoms with van der Waals surface area (Å²) < 4.78 is 1.40. The molecule has 130 valence electrons. The van der Waals surface area contributed by atoms with Crippen LogP contribution in [0.4, 0.5) is 5.69 Å². The molecule has 0 aliphatic heterocycles. The molecule has 0 bridgehead atoms. The monoisotopic (exact) mass is 355 g/mol. The zero-order valence-corrected chi connectivity index (χ0v) is 15.8. The van der Waals surface area contributed by atoms with E-state index in [1.165, 1.54) is 22.2 Å². The Balaban J connectivity index is 1.96. The van der Waals surface area contributed by atoms with E-state index in [9.17, 15) is 9.59 Å². The topological polar surface area (TPSA) is 64.0 Å². The van der Waals surface area contributed by atoms with Crippen molar-refractivity contribution in [3.63, 3.8) is 0 Å². The molecule has 0 aliphatic rings. The van der Waals surface area contributed by atoms with Gasteiger partial charge in [0.05, 0.1) is 11.7 Å². The molecule has 0 saturated heterocycles. The highest BCUT2D eigenvalue weighted by Gasteiger charge is 2.20.